The number of aryl methyl sites for hydroxylation is 1. The Morgan fingerprint density at radius 1 is 1.47 bits per heavy atom. The first-order valence-electron chi connectivity index (χ1n) is 5.38. The first-order valence-corrected chi connectivity index (χ1v) is 5.38. The zero-order valence-electron chi connectivity index (χ0n) is 9.24. The predicted octanol–water partition coefficient (Wildman–Crippen LogP) is 0.967. The minimum atomic E-state index is 0.191. The van der Waals surface area contributed by atoms with Crippen molar-refractivity contribution < 1.29 is 5.11 Å². The van der Waals surface area contributed by atoms with E-state index in [-0.39, 0.29) is 12.6 Å². The van der Waals surface area contributed by atoms with Gasteiger partial charge in [-0.05, 0) is 25.5 Å². The van der Waals surface area contributed by atoms with E-state index in [1.807, 2.05) is 6.07 Å². The van der Waals surface area contributed by atoms with Crippen LogP contribution in [0.2, 0.25) is 0 Å². The third-order valence-electron chi connectivity index (χ3n) is 2.41. The highest BCUT2D eigenvalue weighted by Gasteiger charge is 2.07. The van der Waals surface area contributed by atoms with Gasteiger partial charge in [0.05, 0.1) is 0 Å². The fourth-order valence-corrected chi connectivity index (χ4v) is 1.58. The topological polar surface area (TPSA) is 58.3 Å². The average Bonchev–Trinajstić information content (AvgIpc) is 2.24. The zero-order chi connectivity index (χ0) is 11.1. The molecule has 4 N–H and O–H groups in total. The Hall–Kier alpha value is -0.900. The number of rotatable bonds is 6. The molecule has 0 aliphatic rings. The average molecular weight is 208 g/mol. The van der Waals surface area contributed by atoms with Gasteiger partial charge in [0.1, 0.15) is 0 Å². The predicted molar refractivity (Wildman–Crippen MR) is 62.7 cm³/mol. The molecule has 84 valence electrons. The minimum Gasteiger partial charge on any atom is -0.396 e. The molecule has 0 aliphatic carbocycles. The Morgan fingerprint density at radius 3 is 2.87 bits per heavy atom. The molecule has 0 saturated carbocycles. The smallest absolute Gasteiger partial charge is 0.0444 e. The molecule has 0 bridgehead atoms. The van der Waals surface area contributed by atoms with Crippen LogP contribution in [0.1, 0.15) is 23.6 Å². The molecule has 3 heteroatoms. The maximum Gasteiger partial charge on any atom is 0.0444 e. The van der Waals surface area contributed by atoms with E-state index in [0.717, 1.165) is 13.0 Å². The molecule has 0 saturated heterocycles. The molecule has 15 heavy (non-hydrogen) atoms. The second-order valence-electron chi connectivity index (χ2n) is 3.73. The van der Waals surface area contributed by atoms with E-state index < -0.39 is 0 Å². The van der Waals surface area contributed by atoms with Crippen LogP contribution >= 0.6 is 0 Å². The third-order valence-corrected chi connectivity index (χ3v) is 2.41. The Balaban J connectivity index is 2.57. The van der Waals surface area contributed by atoms with Crippen LogP contribution in [0.4, 0.5) is 0 Å². The summed E-state index contributed by atoms with van der Waals surface area (Å²) in [6.45, 7) is 3.67. The normalized spacial score (nSPS) is 12.7. The highest BCUT2D eigenvalue weighted by atomic mass is 16.3. The summed E-state index contributed by atoms with van der Waals surface area (Å²) in [5.74, 6) is 0. The van der Waals surface area contributed by atoms with Crippen molar-refractivity contribution in [3.63, 3.8) is 0 Å². The maximum atomic E-state index is 8.70. The van der Waals surface area contributed by atoms with Gasteiger partial charge in [-0.3, -0.25) is 0 Å². The number of hydrogen-bond donors (Lipinski definition) is 3. The van der Waals surface area contributed by atoms with Gasteiger partial charge in [-0.15, -0.1) is 0 Å². The van der Waals surface area contributed by atoms with E-state index >= 15 is 0 Å². The number of nitrogens with two attached hydrogens (primary N) is 1. The van der Waals surface area contributed by atoms with Gasteiger partial charge >= 0.3 is 0 Å². The highest BCUT2D eigenvalue weighted by molar-refractivity contribution is 5.25. The largest absolute Gasteiger partial charge is 0.396 e. The van der Waals surface area contributed by atoms with E-state index in [9.17, 15) is 0 Å². The number of aliphatic hydroxyl groups is 1. The summed E-state index contributed by atoms with van der Waals surface area (Å²) in [6.07, 6.45) is 0.766. The molecule has 0 heterocycles. The van der Waals surface area contributed by atoms with Crippen LogP contribution in [-0.2, 0) is 0 Å². The maximum absolute atomic E-state index is 8.70. The molecule has 0 radical (unpaired) electrons. The molecule has 1 atom stereocenters. The second kappa shape index (κ2) is 6.56. The number of aliphatic hydroxyl groups excluding tert-OH is 1. The van der Waals surface area contributed by atoms with Gasteiger partial charge in [0.15, 0.2) is 0 Å². The zero-order valence-corrected chi connectivity index (χ0v) is 9.24. The molecule has 0 aromatic heterocycles. The fraction of sp³-hybridized carbons (Fsp3) is 0.500. The van der Waals surface area contributed by atoms with Gasteiger partial charge in [-0.2, -0.15) is 0 Å². The lowest BCUT2D eigenvalue weighted by Gasteiger charge is -2.17. The van der Waals surface area contributed by atoms with Gasteiger partial charge < -0.3 is 16.2 Å². The van der Waals surface area contributed by atoms with Crippen LogP contribution in [0.5, 0.6) is 0 Å². The molecule has 1 aromatic rings. The first-order chi connectivity index (χ1) is 7.27. The van der Waals surface area contributed by atoms with Gasteiger partial charge in [0, 0.05) is 19.2 Å². The van der Waals surface area contributed by atoms with Crippen molar-refractivity contribution in [2.45, 2.75) is 19.4 Å². The van der Waals surface area contributed by atoms with E-state index in [1.165, 1.54) is 11.1 Å². The molecule has 0 fully saturated rings. The van der Waals surface area contributed by atoms with Gasteiger partial charge in [-0.25, -0.2) is 0 Å². The van der Waals surface area contributed by atoms with Gasteiger partial charge in [0.2, 0.25) is 0 Å². The van der Waals surface area contributed by atoms with Crippen LogP contribution in [0.15, 0.2) is 24.3 Å². The van der Waals surface area contributed by atoms with Crippen LogP contribution in [0, 0.1) is 6.92 Å². The van der Waals surface area contributed by atoms with E-state index in [0.29, 0.717) is 6.54 Å². The second-order valence-corrected chi connectivity index (χ2v) is 3.73. The van der Waals surface area contributed by atoms with Crippen molar-refractivity contribution in [2.75, 3.05) is 19.7 Å². The van der Waals surface area contributed by atoms with E-state index in [1.54, 1.807) is 0 Å². The van der Waals surface area contributed by atoms with Crippen molar-refractivity contribution >= 4 is 0 Å². The summed E-state index contributed by atoms with van der Waals surface area (Å²) < 4.78 is 0. The molecule has 1 rings (SSSR count). The van der Waals surface area contributed by atoms with E-state index in [2.05, 4.69) is 30.4 Å². The number of hydrogen-bond acceptors (Lipinski definition) is 3. The molecule has 1 unspecified atom stereocenters. The molecule has 0 spiro atoms. The summed E-state index contributed by atoms with van der Waals surface area (Å²) in [5, 5.41) is 12.0. The Kier molecular flexibility index (Phi) is 5.32. The summed E-state index contributed by atoms with van der Waals surface area (Å²) >= 11 is 0. The van der Waals surface area contributed by atoms with Crippen molar-refractivity contribution in [1.82, 2.24) is 5.32 Å². The van der Waals surface area contributed by atoms with Crippen molar-refractivity contribution in [2.24, 2.45) is 5.73 Å². The lowest BCUT2D eigenvalue weighted by atomic mass is 10.0. The quantitative estimate of drug-likeness (QED) is 0.610. The summed E-state index contributed by atoms with van der Waals surface area (Å²) in [5.41, 5.74) is 8.18. The lowest BCUT2D eigenvalue weighted by Crippen LogP contribution is -2.29. The van der Waals surface area contributed by atoms with Gasteiger partial charge in [-0.1, -0.05) is 29.8 Å². The van der Waals surface area contributed by atoms with Gasteiger partial charge in [0.25, 0.3) is 0 Å². The Labute approximate surface area is 91.3 Å². The third kappa shape index (κ3) is 4.00. The standard InChI is InChI=1S/C12H20N2O/c1-10-4-2-5-11(8-10)12(9-13)14-6-3-7-15/h2,4-5,8,12,14-15H,3,6-7,9,13H2,1H3. The summed E-state index contributed by atoms with van der Waals surface area (Å²) in [6, 6.07) is 8.53. The first kappa shape index (κ1) is 12.2. The lowest BCUT2D eigenvalue weighted by molar-refractivity contribution is 0.283. The number of benzene rings is 1. The van der Waals surface area contributed by atoms with Crippen LogP contribution in [0.3, 0.4) is 0 Å². The van der Waals surface area contributed by atoms with E-state index in [4.69, 9.17) is 10.8 Å². The highest BCUT2D eigenvalue weighted by Crippen LogP contribution is 2.13. The number of nitrogens with one attached hydrogen (secondary N) is 1. The molecular weight excluding hydrogens is 188 g/mol. The molecular formula is C12H20N2O. The monoisotopic (exact) mass is 208 g/mol. The molecule has 3 nitrogen and oxygen atoms in total. The summed E-state index contributed by atoms with van der Waals surface area (Å²) in [7, 11) is 0. The van der Waals surface area contributed by atoms with Crippen LogP contribution < -0.4 is 11.1 Å². The van der Waals surface area contributed by atoms with Crippen LogP contribution in [0.25, 0.3) is 0 Å². The Bertz CT molecular complexity index is 289. The molecule has 1 aromatic carbocycles. The fourth-order valence-electron chi connectivity index (χ4n) is 1.58. The summed E-state index contributed by atoms with van der Waals surface area (Å²) in [4.78, 5) is 0. The molecule has 0 amide bonds. The van der Waals surface area contributed by atoms with Crippen molar-refractivity contribution in [1.29, 1.82) is 0 Å². The SMILES string of the molecule is Cc1cccc(C(CN)NCCCO)c1. The van der Waals surface area contributed by atoms with Crippen LogP contribution in [-0.4, -0.2) is 24.8 Å². The molecule has 0 aliphatic heterocycles. The van der Waals surface area contributed by atoms with Crippen molar-refractivity contribution in [3.05, 3.63) is 35.4 Å². The Morgan fingerprint density at radius 2 is 2.27 bits per heavy atom. The van der Waals surface area contributed by atoms with Crippen molar-refractivity contribution in [3.8, 4) is 0 Å². The minimum absolute atomic E-state index is 0.191.